The maximum atomic E-state index is 15.0. The minimum atomic E-state index is -0.586. The van der Waals surface area contributed by atoms with E-state index in [0.29, 0.717) is 35.7 Å². The van der Waals surface area contributed by atoms with Gasteiger partial charge in [-0.3, -0.25) is 9.69 Å². The molecule has 1 atom stereocenters. The van der Waals surface area contributed by atoms with Crippen molar-refractivity contribution in [2.45, 2.75) is 6.10 Å². The van der Waals surface area contributed by atoms with Crippen molar-refractivity contribution >= 4 is 29.8 Å². The van der Waals surface area contributed by atoms with Crippen molar-refractivity contribution in [1.29, 1.82) is 0 Å². The molecule has 13 heteroatoms. The van der Waals surface area contributed by atoms with Crippen LogP contribution in [0.5, 0.6) is 5.88 Å². The number of ether oxygens (including phenoxy) is 2. The Bertz CT molecular complexity index is 1270. The Hall–Kier alpha value is -4.52. The highest BCUT2D eigenvalue weighted by atomic mass is 19.1. The molecule has 5 rings (SSSR count). The number of nitrogens with two attached hydrogens (primary N) is 1. The summed E-state index contributed by atoms with van der Waals surface area (Å²) in [5.41, 5.74) is 6.64. The quantitative estimate of drug-likeness (QED) is 0.520. The number of amides is 2. The van der Waals surface area contributed by atoms with Crippen molar-refractivity contribution in [2.75, 3.05) is 42.6 Å². The second-order valence-electron chi connectivity index (χ2n) is 7.98. The van der Waals surface area contributed by atoms with Crippen LogP contribution in [0.2, 0.25) is 0 Å². The van der Waals surface area contributed by atoms with Crippen LogP contribution in [0.3, 0.4) is 0 Å². The summed E-state index contributed by atoms with van der Waals surface area (Å²) in [7, 11) is 0. The molecule has 0 bridgehead atoms. The van der Waals surface area contributed by atoms with Crippen molar-refractivity contribution in [3.8, 4) is 17.0 Å². The first kappa shape index (κ1) is 23.2. The van der Waals surface area contributed by atoms with Crippen molar-refractivity contribution < 1.29 is 28.0 Å². The molecule has 2 N–H and O–H groups in total. The second-order valence-corrected chi connectivity index (χ2v) is 7.98. The summed E-state index contributed by atoms with van der Waals surface area (Å²) < 4.78 is 30.4. The highest BCUT2D eigenvalue weighted by Crippen LogP contribution is 2.29. The second kappa shape index (κ2) is 10.00. The number of rotatable bonds is 7. The van der Waals surface area contributed by atoms with Crippen LogP contribution in [-0.2, 0) is 9.53 Å². The van der Waals surface area contributed by atoms with E-state index in [1.165, 1.54) is 28.6 Å². The van der Waals surface area contributed by atoms with Gasteiger partial charge in [-0.2, -0.15) is 5.10 Å². The highest BCUT2D eigenvalue weighted by Gasteiger charge is 2.33. The summed E-state index contributed by atoms with van der Waals surface area (Å²) in [5.74, 6) is 0.132. The van der Waals surface area contributed by atoms with Gasteiger partial charge in [0.15, 0.2) is 6.10 Å². The number of hydrogen-bond acceptors (Lipinski definition) is 10. The number of anilines is 2. The zero-order chi connectivity index (χ0) is 25.1. The molecule has 2 aliphatic rings. The normalized spacial score (nSPS) is 17.4. The molecule has 4 heterocycles. The molecule has 186 valence electrons. The number of benzene rings is 1. The lowest BCUT2D eigenvalue weighted by Gasteiger charge is -2.27. The van der Waals surface area contributed by atoms with E-state index >= 15 is 4.39 Å². The number of nitrogens with zero attached hydrogens (tertiary/aromatic N) is 6. The molecule has 3 aromatic rings. The van der Waals surface area contributed by atoms with E-state index in [9.17, 15) is 9.59 Å². The van der Waals surface area contributed by atoms with E-state index in [2.05, 4.69) is 15.2 Å². The van der Waals surface area contributed by atoms with E-state index in [0.717, 1.165) is 0 Å². The van der Waals surface area contributed by atoms with Crippen LogP contribution in [0, 0.1) is 5.82 Å². The molecule has 0 spiro atoms. The molecule has 1 fully saturated rings. The average Bonchev–Trinajstić information content (AvgIpc) is 3.56. The van der Waals surface area contributed by atoms with Gasteiger partial charge in [0, 0.05) is 29.9 Å². The largest absolute Gasteiger partial charge is 0.471 e. The fourth-order valence-corrected chi connectivity index (χ4v) is 3.81. The molecular weight excluding hydrogens is 473 g/mol. The topological polar surface area (TPSA) is 140 Å². The Labute approximate surface area is 204 Å². The maximum absolute atomic E-state index is 15.0. The molecule has 0 radical (unpaired) electrons. The lowest BCUT2D eigenvalue weighted by Crippen LogP contribution is -2.43. The predicted octanol–water partition coefficient (Wildman–Crippen LogP) is 1.83. The molecule has 2 aromatic heterocycles. The summed E-state index contributed by atoms with van der Waals surface area (Å²) in [6.07, 6.45) is 3.32. The molecular formula is C23H22FN7O5. The minimum Gasteiger partial charge on any atom is -0.471 e. The number of hydrogen-bond donors (Lipinski definition) is 1. The van der Waals surface area contributed by atoms with Crippen LogP contribution in [0.1, 0.15) is 0 Å². The van der Waals surface area contributed by atoms with Crippen LogP contribution in [0.25, 0.3) is 11.1 Å². The Balaban J connectivity index is 1.24. The van der Waals surface area contributed by atoms with Gasteiger partial charge in [-0.1, -0.05) is 0 Å². The molecule has 36 heavy (non-hydrogen) atoms. The number of carbonyl (C=O) groups is 2. The van der Waals surface area contributed by atoms with Crippen LogP contribution in [0.15, 0.2) is 58.5 Å². The van der Waals surface area contributed by atoms with E-state index in [1.54, 1.807) is 41.4 Å². The van der Waals surface area contributed by atoms with E-state index in [1.807, 2.05) is 0 Å². The van der Waals surface area contributed by atoms with Crippen molar-refractivity contribution in [2.24, 2.45) is 10.8 Å². The number of hydrazone groups is 1. The summed E-state index contributed by atoms with van der Waals surface area (Å²) in [6, 6.07) is 9.55. The fourth-order valence-electron chi connectivity index (χ4n) is 3.81. The Morgan fingerprint density at radius 3 is 2.78 bits per heavy atom. The zero-order valence-electron chi connectivity index (χ0n) is 19.0. The molecule has 12 nitrogen and oxygen atoms in total. The molecule has 2 aliphatic heterocycles. The third-order valence-electron chi connectivity index (χ3n) is 5.67. The van der Waals surface area contributed by atoms with Crippen molar-refractivity contribution in [1.82, 2.24) is 15.1 Å². The summed E-state index contributed by atoms with van der Waals surface area (Å²) in [5, 5.41) is 9.03. The standard InChI is InChI=1S/C23H22FN7O5/c24-19-9-16(30-12-17(36-23(30)33)13-34-21-5-8-35-28-21)2-3-18(19)15-1-4-20(26-11-15)29-6-7-31(27-14-29)22(32)10-25/h1-5,8-9,11,14,17H,6-7,10,12-13,25H2/t17-/m1/s1. The third-order valence-corrected chi connectivity index (χ3v) is 5.67. The van der Waals surface area contributed by atoms with Gasteiger partial charge in [0.1, 0.15) is 30.8 Å². The minimum absolute atomic E-state index is 0.0937. The van der Waals surface area contributed by atoms with Gasteiger partial charge < -0.3 is 24.6 Å². The molecule has 2 amide bonds. The van der Waals surface area contributed by atoms with Gasteiger partial charge in [-0.05, 0) is 35.5 Å². The summed E-state index contributed by atoms with van der Waals surface area (Å²) in [4.78, 5) is 31.5. The Morgan fingerprint density at radius 1 is 1.22 bits per heavy atom. The fraction of sp³-hybridized carbons (Fsp3) is 0.261. The number of carbonyl (C=O) groups excluding carboxylic acids is 2. The smallest absolute Gasteiger partial charge is 0.414 e. The van der Waals surface area contributed by atoms with Gasteiger partial charge in [0.2, 0.25) is 0 Å². The Morgan fingerprint density at radius 2 is 2.11 bits per heavy atom. The third kappa shape index (κ3) is 4.81. The van der Waals surface area contributed by atoms with E-state index < -0.39 is 18.0 Å². The molecule has 0 unspecified atom stereocenters. The number of cyclic esters (lactones) is 1. The van der Waals surface area contributed by atoms with Gasteiger partial charge in [0.25, 0.3) is 11.8 Å². The van der Waals surface area contributed by atoms with Crippen LogP contribution >= 0.6 is 0 Å². The number of pyridine rings is 1. The Kier molecular flexibility index (Phi) is 6.45. The van der Waals surface area contributed by atoms with Crippen molar-refractivity contribution in [3.63, 3.8) is 0 Å². The van der Waals surface area contributed by atoms with E-state index in [4.69, 9.17) is 19.7 Å². The van der Waals surface area contributed by atoms with Gasteiger partial charge >= 0.3 is 6.09 Å². The van der Waals surface area contributed by atoms with Crippen LogP contribution in [0.4, 0.5) is 20.7 Å². The van der Waals surface area contributed by atoms with Gasteiger partial charge in [0.05, 0.1) is 25.3 Å². The van der Waals surface area contributed by atoms with Gasteiger partial charge in [-0.15, -0.1) is 0 Å². The lowest BCUT2D eigenvalue weighted by molar-refractivity contribution is -0.129. The highest BCUT2D eigenvalue weighted by molar-refractivity contribution is 5.90. The van der Waals surface area contributed by atoms with Crippen LogP contribution < -0.4 is 20.3 Å². The van der Waals surface area contributed by atoms with Crippen molar-refractivity contribution in [3.05, 3.63) is 54.7 Å². The molecule has 1 saturated heterocycles. The van der Waals surface area contributed by atoms with E-state index in [-0.39, 0.29) is 31.5 Å². The predicted molar refractivity (Wildman–Crippen MR) is 126 cm³/mol. The first-order valence-electron chi connectivity index (χ1n) is 11.1. The zero-order valence-corrected chi connectivity index (χ0v) is 19.0. The molecule has 0 aliphatic carbocycles. The average molecular weight is 495 g/mol. The van der Waals surface area contributed by atoms with Gasteiger partial charge in [-0.25, -0.2) is 19.2 Å². The van der Waals surface area contributed by atoms with Crippen LogP contribution in [-0.4, -0.2) is 72.4 Å². The summed E-state index contributed by atoms with van der Waals surface area (Å²) in [6.45, 7) is 1.08. The summed E-state index contributed by atoms with van der Waals surface area (Å²) >= 11 is 0. The number of halogens is 1. The molecule has 1 aromatic carbocycles. The first-order chi connectivity index (χ1) is 17.5. The SMILES string of the molecule is NCC(=O)N1CCN(c2ccc(-c3ccc(N4C[C@H](COc5ccon5)OC4=O)cc3F)cn2)C=N1. The molecule has 0 saturated carbocycles. The first-order valence-corrected chi connectivity index (χ1v) is 11.1. The monoisotopic (exact) mass is 495 g/mol. The number of aromatic nitrogens is 2. The lowest BCUT2D eigenvalue weighted by atomic mass is 10.1. The maximum Gasteiger partial charge on any atom is 0.414 e.